The molecule has 194 valence electrons. The van der Waals surface area contributed by atoms with Crippen molar-refractivity contribution >= 4 is 34.5 Å². The number of aromatic nitrogens is 2. The molecule has 4 aromatic rings. The summed E-state index contributed by atoms with van der Waals surface area (Å²) in [5.74, 6) is 0.936. The Morgan fingerprint density at radius 3 is 2.74 bits per heavy atom. The fourth-order valence-corrected chi connectivity index (χ4v) is 6.12. The monoisotopic (exact) mass is 525 g/mol. The van der Waals surface area contributed by atoms with Crippen molar-refractivity contribution in [2.75, 3.05) is 24.5 Å². The molecule has 1 atom stereocenters. The van der Waals surface area contributed by atoms with E-state index in [-0.39, 0.29) is 17.6 Å². The van der Waals surface area contributed by atoms with E-state index in [1.165, 1.54) is 5.56 Å². The normalized spacial score (nSPS) is 17.0. The van der Waals surface area contributed by atoms with Crippen molar-refractivity contribution in [3.05, 3.63) is 86.3 Å². The van der Waals surface area contributed by atoms with Gasteiger partial charge in [0, 0.05) is 53.4 Å². The Morgan fingerprint density at radius 1 is 1.13 bits per heavy atom. The summed E-state index contributed by atoms with van der Waals surface area (Å²) in [5, 5.41) is 4.96. The average molecular weight is 526 g/mol. The molecule has 3 aromatic carbocycles. The van der Waals surface area contributed by atoms with Crippen molar-refractivity contribution < 1.29 is 0 Å². The summed E-state index contributed by atoms with van der Waals surface area (Å²) in [7, 11) is 0. The van der Waals surface area contributed by atoms with Crippen LogP contribution in [-0.2, 0) is 6.54 Å². The van der Waals surface area contributed by atoms with Gasteiger partial charge in [-0.15, -0.1) is 0 Å². The molecule has 38 heavy (non-hydrogen) atoms. The van der Waals surface area contributed by atoms with E-state index >= 15 is 0 Å². The third kappa shape index (κ3) is 4.03. The number of nitrogens with zero attached hydrogens (tertiary/aromatic N) is 4. The smallest absolute Gasteiger partial charge is 0.351 e. The van der Waals surface area contributed by atoms with Gasteiger partial charge in [0.15, 0.2) is 0 Å². The molecule has 0 aliphatic carbocycles. The van der Waals surface area contributed by atoms with Crippen LogP contribution >= 0.6 is 11.6 Å². The molecule has 1 N–H and O–H groups in total. The first-order valence-corrected chi connectivity index (χ1v) is 13.7. The molecule has 0 bridgehead atoms. The number of hydrogen-bond donors (Lipinski definition) is 1. The van der Waals surface area contributed by atoms with Crippen LogP contribution in [0.5, 0.6) is 0 Å². The maximum absolute atomic E-state index is 13.9. The van der Waals surface area contributed by atoms with Gasteiger partial charge in [0.05, 0.1) is 17.7 Å². The maximum Gasteiger partial charge on any atom is 0.354 e. The van der Waals surface area contributed by atoms with Crippen LogP contribution in [0.4, 0.5) is 5.82 Å². The first-order chi connectivity index (χ1) is 18.3. The molecule has 0 radical (unpaired) electrons. The van der Waals surface area contributed by atoms with Gasteiger partial charge in [0.1, 0.15) is 5.82 Å². The summed E-state index contributed by atoms with van der Waals surface area (Å²) in [4.78, 5) is 25.4. The van der Waals surface area contributed by atoms with Gasteiger partial charge in [0.25, 0.3) is 0 Å². The molecule has 0 amide bonds. The summed E-state index contributed by atoms with van der Waals surface area (Å²) in [6.07, 6.45) is 1.94. The fraction of sp³-hybridized carbons (Fsp3) is 0.323. The van der Waals surface area contributed by atoms with Gasteiger partial charge >= 0.3 is 5.69 Å². The third-order valence-electron chi connectivity index (χ3n) is 7.83. The van der Waals surface area contributed by atoms with E-state index in [1.807, 2.05) is 30.5 Å². The topological polar surface area (TPSA) is 62.5 Å². The zero-order valence-electron chi connectivity index (χ0n) is 22.3. The Labute approximate surface area is 228 Å². The second-order valence-electron chi connectivity index (χ2n) is 10.7. The minimum Gasteiger partial charge on any atom is -0.351 e. The third-order valence-corrected chi connectivity index (χ3v) is 8.14. The Hall–Kier alpha value is -3.48. The number of halogens is 1. The maximum atomic E-state index is 13.9. The zero-order valence-corrected chi connectivity index (χ0v) is 23.0. The number of nitrogens with one attached hydrogen (secondary N) is 1. The summed E-state index contributed by atoms with van der Waals surface area (Å²) in [5.41, 5.74) is 7.88. The number of rotatable bonds is 4. The van der Waals surface area contributed by atoms with Gasteiger partial charge in [-0.05, 0) is 60.2 Å². The van der Waals surface area contributed by atoms with Crippen LogP contribution in [0.1, 0.15) is 48.9 Å². The highest BCUT2D eigenvalue weighted by Crippen LogP contribution is 2.40. The number of hydrogen-bond acceptors (Lipinski definition) is 5. The van der Waals surface area contributed by atoms with Crippen molar-refractivity contribution in [3.63, 3.8) is 0 Å². The molecule has 2 aliphatic heterocycles. The highest BCUT2D eigenvalue weighted by Gasteiger charge is 2.26. The van der Waals surface area contributed by atoms with Crippen LogP contribution in [0, 0.1) is 6.92 Å². The van der Waals surface area contributed by atoms with Crippen molar-refractivity contribution in [2.24, 2.45) is 4.99 Å². The predicted octanol–water partition coefficient (Wildman–Crippen LogP) is 5.87. The van der Waals surface area contributed by atoms with Gasteiger partial charge in [-0.3, -0.25) is 9.56 Å². The molecule has 1 aromatic heterocycles. The van der Waals surface area contributed by atoms with Gasteiger partial charge in [0.2, 0.25) is 0 Å². The standard InChI is InChI=1S/C31H32ClN5O/c1-18(2)22-7-5-6-8-27(22)37-28-14-23(29-19(3)9-10-21-16-34-17-25(21)29)26(32)13-24(28)30(35-31(37)38)36-12-11-33-15-20(36)4/h5-10,13-14,17-18,20,33H,11-12,15-16H2,1-4H3/t20-/m0/s1. The SMILES string of the molecule is Cc1ccc2c(c1-c1cc3c(cc1Cl)c(N1CCNC[C@@H]1C)nc(=O)n3-c1ccccc1C(C)C)C=NC2. The molecule has 0 spiro atoms. The number of aliphatic imine (C=N–C) groups is 1. The minimum absolute atomic E-state index is 0.201. The Morgan fingerprint density at radius 2 is 1.95 bits per heavy atom. The number of aryl methyl sites for hydroxylation is 1. The molecule has 6 rings (SSSR count). The number of para-hydroxylation sites is 1. The largest absolute Gasteiger partial charge is 0.354 e. The second kappa shape index (κ2) is 9.68. The summed E-state index contributed by atoms with van der Waals surface area (Å²) in [6.45, 7) is 11.7. The lowest BCUT2D eigenvalue weighted by atomic mass is 9.92. The van der Waals surface area contributed by atoms with Gasteiger partial charge < -0.3 is 10.2 Å². The van der Waals surface area contributed by atoms with Crippen LogP contribution in [0.2, 0.25) is 5.02 Å². The van der Waals surface area contributed by atoms with Crippen LogP contribution in [0.15, 0.2) is 58.3 Å². The van der Waals surface area contributed by atoms with E-state index in [4.69, 9.17) is 16.6 Å². The molecule has 2 aliphatic rings. The van der Waals surface area contributed by atoms with Crippen LogP contribution in [0.25, 0.3) is 27.7 Å². The van der Waals surface area contributed by atoms with Gasteiger partial charge in [-0.2, -0.15) is 4.98 Å². The lowest BCUT2D eigenvalue weighted by Crippen LogP contribution is -2.50. The number of fused-ring (bicyclic) bond motifs is 2. The van der Waals surface area contributed by atoms with Gasteiger partial charge in [-0.25, -0.2) is 4.79 Å². The highest BCUT2D eigenvalue weighted by atomic mass is 35.5. The molecule has 7 heteroatoms. The van der Waals surface area contributed by atoms with Crippen molar-refractivity contribution in [1.29, 1.82) is 0 Å². The van der Waals surface area contributed by atoms with Crippen molar-refractivity contribution in [2.45, 2.75) is 46.2 Å². The first-order valence-electron chi connectivity index (χ1n) is 13.3. The Bertz CT molecular complexity index is 1650. The highest BCUT2D eigenvalue weighted by molar-refractivity contribution is 6.34. The van der Waals surface area contributed by atoms with Crippen LogP contribution in [-0.4, -0.2) is 41.4 Å². The molecular formula is C31H32ClN5O. The minimum atomic E-state index is -0.281. The lowest BCUT2D eigenvalue weighted by molar-refractivity contribution is 0.497. The van der Waals surface area contributed by atoms with E-state index in [2.05, 4.69) is 67.2 Å². The average Bonchev–Trinajstić information content (AvgIpc) is 3.38. The number of piperazine rings is 1. The molecule has 0 saturated carbocycles. The first kappa shape index (κ1) is 24.8. The Kier molecular flexibility index (Phi) is 6.33. The summed E-state index contributed by atoms with van der Waals surface area (Å²) in [6, 6.07) is 16.7. The fourth-order valence-electron chi connectivity index (χ4n) is 5.86. The molecule has 1 saturated heterocycles. The molecule has 3 heterocycles. The van der Waals surface area contributed by atoms with E-state index in [0.29, 0.717) is 17.4 Å². The van der Waals surface area contributed by atoms with Crippen LogP contribution < -0.4 is 15.9 Å². The zero-order chi connectivity index (χ0) is 26.6. The van der Waals surface area contributed by atoms with Gasteiger partial charge in [-0.1, -0.05) is 55.8 Å². The van der Waals surface area contributed by atoms with E-state index in [9.17, 15) is 4.79 Å². The quantitative estimate of drug-likeness (QED) is 0.362. The van der Waals surface area contributed by atoms with Crippen LogP contribution in [0.3, 0.4) is 0 Å². The van der Waals surface area contributed by atoms with Crippen molar-refractivity contribution in [3.8, 4) is 16.8 Å². The number of benzene rings is 3. The van der Waals surface area contributed by atoms with E-state index in [1.54, 1.807) is 4.57 Å². The van der Waals surface area contributed by atoms with E-state index < -0.39 is 0 Å². The Balaban J connectivity index is 1.71. The predicted molar refractivity (Wildman–Crippen MR) is 158 cm³/mol. The van der Waals surface area contributed by atoms with Crippen molar-refractivity contribution in [1.82, 2.24) is 14.9 Å². The lowest BCUT2D eigenvalue weighted by Gasteiger charge is -2.35. The summed E-state index contributed by atoms with van der Waals surface area (Å²) < 4.78 is 1.77. The molecular weight excluding hydrogens is 494 g/mol. The second-order valence-corrected chi connectivity index (χ2v) is 11.1. The molecule has 6 nitrogen and oxygen atoms in total. The molecule has 0 unspecified atom stereocenters. The van der Waals surface area contributed by atoms with E-state index in [0.717, 1.165) is 64.0 Å². The number of anilines is 1. The molecule has 1 fully saturated rings. The summed E-state index contributed by atoms with van der Waals surface area (Å²) >= 11 is 7.09.